The molecule has 0 fully saturated rings. The van der Waals surface area contributed by atoms with Crippen LogP contribution in [0.3, 0.4) is 0 Å². The Hall–Kier alpha value is -4.06. The van der Waals surface area contributed by atoms with Gasteiger partial charge < -0.3 is 18.8 Å². The molecule has 0 spiro atoms. The van der Waals surface area contributed by atoms with Crippen LogP contribution in [0.5, 0.6) is 11.5 Å². The Morgan fingerprint density at radius 3 is 2.46 bits per heavy atom. The number of carbonyl (C=O) groups excluding carboxylic acids is 1. The molecule has 4 aromatic rings. The van der Waals surface area contributed by atoms with Crippen molar-refractivity contribution in [1.82, 2.24) is 4.90 Å². The number of aryl methyl sites for hydroxylation is 2. The summed E-state index contributed by atoms with van der Waals surface area (Å²) in [6, 6.07) is 18.8. The number of hydrogen-bond donors (Lipinski definition) is 0. The van der Waals surface area contributed by atoms with E-state index in [4.69, 9.17) is 13.9 Å². The molecule has 0 bridgehead atoms. The molecule has 1 aromatic heterocycles. The number of amides is 1. The third kappa shape index (κ3) is 5.29. The maximum atomic E-state index is 14.0. The van der Waals surface area contributed by atoms with Crippen molar-refractivity contribution < 1.29 is 18.7 Å². The van der Waals surface area contributed by atoms with Crippen LogP contribution >= 0.6 is 0 Å². The molecule has 6 heteroatoms. The topological polar surface area (TPSA) is 69.0 Å². The summed E-state index contributed by atoms with van der Waals surface area (Å²) in [5.41, 5.74) is 4.42. The van der Waals surface area contributed by atoms with E-state index in [1.165, 1.54) is 0 Å². The SMILES string of the molecule is COc1ccc(CCN2C(=O)c3oc4c(C)cc(C)cc4c(=O)c3C2c2cccc(OCCC(C)C)c2)cc1. The molecule has 39 heavy (non-hydrogen) atoms. The zero-order valence-corrected chi connectivity index (χ0v) is 23.2. The zero-order chi connectivity index (χ0) is 27.7. The van der Waals surface area contributed by atoms with Gasteiger partial charge in [-0.2, -0.15) is 0 Å². The molecule has 202 valence electrons. The first-order valence-electron chi connectivity index (χ1n) is 13.5. The van der Waals surface area contributed by atoms with E-state index in [0.29, 0.717) is 42.0 Å². The van der Waals surface area contributed by atoms with Crippen molar-refractivity contribution in [1.29, 1.82) is 0 Å². The highest BCUT2D eigenvalue weighted by atomic mass is 16.5. The second-order valence-corrected chi connectivity index (χ2v) is 10.7. The van der Waals surface area contributed by atoms with Crippen molar-refractivity contribution in [3.63, 3.8) is 0 Å². The first-order valence-corrected chi connectivity index (χ1v) is 13.5. The van der Waals surface area contributed by atoms with E-state index < -0.39 is 6.04 Å². The van der Waals surface area contributed by atoms with E-state index in [-0.39, 0.29) is 17.1 Å². The van der Waals surface area contributed by atoms with E-state index in [1.54, 1.807) is 12.0 Å². The van der Waals surface area contributed by atoms with E-state index in [2.05, 4.69) is 13.8 Å². The van der Waals surface area contributed by atoms with Crippen molar-refractivity contribution >= 4 is 16.9 Å². The Kier molecular flexibility index (Phi) is 7.47. The molecule has 1 aliphatic rings. The van der Waals surface area contributed by atoms with E-state index in [1.807, 2.05) is 74.5 Å². The highest BCUT2D eigenvalue weighted by molar-refractivity contribution is 5.99. The molecule has 0 N–H and O–H groups in total. The molecule has 0 saturated carbocycles. The third-order valence-electron chi connectivity index (χ3n) is 7.34. The molecule has 5 rings (SSSR count). The minimum atomic E-state index is -0.569. The second kappa shape index (κ2) is 11.0. The summed E-state index contributed by atoms with van der Waals surface area (Å²) in [5, 5.41) is 0.505. The number of methoxy groups -OCH3 is 1. The van der Waals surface area contributed by atoms with Crippen LogP contribution in [0.2, 0.25) is 0 Å². The van der Waals surface area contributed by atoms with Gasteiger partial charge in [-0.15, -0.1) is 0 Å². The number of rotatable bonds is 9. The fraction of sp³-hybridized carbons (Fsp3) is 0.333. The van der Waals surface area contributed by atoms with E-state index in [9.17, 15) is 9.59 Å². The lowest BCUT2D eigenvalue weighted by molar-refractivity contribution is 0.0729. The highest BCUT2D eigenvalue weighted by Gasteiger charge is 2.42. The smallest absolute Gasteiger partial charge is 0.290 e. The van der Waals surface area contributed by atoms with Crippen LogP contribution < -0.4 is 14.9 Å². The standard InChI is InChI=1S/C33H35NO5/c1-20(2)14-16-38-26-8-6-7-24(19-26)29-28-30(35)27-18-21(3)17-22(4)31(27)39-32(28)33(36)34(29)15-13-23-9-11-25(37-5)12-10-23/h6-12,17-20,29H,13-16H2,1-5H3. The first-order chi connectivity index (χ1) is 18.8. The number of carbonyl (C=O) groups is 1. The number of ether oxygens (including phenoxy) is 2. The van der Waals surface area contributed by atoms with Gasteiger partial charge in [0.1, 0.15) is 17.1 Å². The van der Waals surface area contributed by atoms with Crippen molar-refractivity contribution in [2.45, 2.75) is 46.6 Å². The molecule has 0 saturated heterocycles. The quantitative estimate of drug-likeness (QED) is 0.245. The summed E-state index contributed by atoms with van der Waals surface area (Å²) in [6.45, 7) is 9.21. The second-order valence-electron chi connectivity index (χ2n) is 10.7. The summed E-state index contributed by atoms with van der Waals surface area (Å²) >= 11 is 0. The lowest BCUT2D eigenvalue weighted by atomic mass is 9.97. The number of hydrogen-bond acceptors (Lipinski definition) is 5. The Labute approximate surface area is 229 Å². The maximum absolute atomic E-state index is 14.0. The van der Waals surface area contributed by atoms with Gasteiger partial charge in [-0.3, -0.25) is 9.59 Å². The summed E-state index contributed by atoms with van der Waals surface area (Å²) in [4.78, 5) is 29.6. The van der Waals surface area contributed by atoms with Crippen LogP contribution in [-0.2, 0) is 6.42 Å². The van der Waals surface area contributed by atoms with E-state index >= 15 is 0 Å². The van der Waals surface area contributed by atoms with Crippen LogP contribution in [0.25, 0.3) is 11.0 Å². The minimum Gasteiger partial charge on any atom is -0.497 e. The number of nitrogens with zero attached hydrogens (tertiary/aromatic N) is 1. The monoisotopic (exact) mass is 525 g/mol. The van der Waals surface area contributed by atoms with Gasteiger partial charge in [-0.05, 0) is 85.2 Å². The van der Waals surface area contributed by atoms with E-state index in [0.717, 1.165) is 40.2 Å². The number of benzene rings is 3. The van der Waals surface area contributed by atoms with Crippen LogP contribution in [0, 0.1) is 19.8 Å². The molecule has 1 amide bonds. The summed E-state index contributed by atoms with van der Waals surface area (Å²) in [6.07, 6.45) is 1.56. The summed E-state index contributed by atoms with van der Waals surface area (Å²) < 4.78 is 17.5. The molecule has 1 unspecified atom stereocenters. The van der Waals surface area contributed by atoms with Crippen LogP contribution in [0.15, 0.2) is 69.9 Å². The lowest BCUT2D eigenvalue weighted by Gasteiger charge is -2.25. The maximum Gasteiger partial charge on any atom is 0.290 e. The van der Waals surface area contributed by atoms with Gasteiger partial charge >= 0.3 is 0 Å². The molecule has 1 aliphatic heterocycles. The molecular weight excluding hydrogens is 490 g/mol. The highest BCUT2D eigenvalue weighted by Crippen LogP contribution is 2.39. The molecule has 3 aromatic carbocycles. The number of fused-ring (bicyclic) bond motifs is 2. The van der Waals surface area contributed by atoms with Gasteiger partial charge in [0, 0.05) is 6.54 Å². The van der Waals surface area contributed by atoms with Crippen LogP contribution in [0.4, 0.5) is 0 Å². The van der Waals surface area contributed by atoms with Crippen molar-refractivity contribution in [2.75, 3.05) is 20.3 Å². The molecule has 1 atom stereocenters. The van der Waals surface area contributed by atoms with Crippen molar-refractivity contribution in [3.8, 4) is 11.5 Å². The average molecular weight is 526 g/mol. The normalized spacial score (nSPS) is 14.8. The molecule has 2 heterocycles. The Balaban J connectivity index is 1.58. The van der Waals surface area contributed by atoms with Gasteiger partial charge in [0.25, 0.3) is 5.91 Å². The predicted octanol–water partition coefficient (Wildman–Crippen LogP) is 6.63. The molecule has 0 radical (unpaired) electrons. The van der Waals surface area contributed by atoms with Gasteiger partial charge in [0.15, 0.2) is 5.43 Å². The zero-order valence-electron chi connectivity index (χ0n) is 23.2. The summed E-state index contributed by atoms with van der Waals surface area (Å²) in [7, 11) is 1.64. The summed E-state index contributed by atoms with van der Waals surface area (Å²) in [5.74, 6) is 1.90. The molecule has 6 nitrogen and oxygen atoms in total. The fourth-order valence-electron chi connectivity index (χ4n) is 5.28. The predicted molar refractivity (Wildman–Crippen MR) is 153 cm³/mol. The van der Waals surface area contributed by atoms with Gasteiger partial charge in [0.05, 0.1) is 30.7 Å². The third-order valence-corrected chi connectivity index (χ3v) is 7.34. The Morgan fingerprint density at radius 1 is 0.974 bits per heavy atom. The fourth-order valence-corrected chi connectivity index (χ4v) is 5.28. The lowest BCUT2D eigenvalue weighted by Crippen LogP contribution is -2.31. The minimum absolute atomic E-state index is 0.130. The Morgan fingerprint density at radius 2 is 1.74 bits per heavy atom. The van der Waals surface area contributed by atoms with Crippen LogP contribution in [0.1, 0.15) is 64.7 Å². The van der Waals surface area contributed by atoms with Gasteiger partial charge in [0.2, 0.25) is 5.76 Å². The average Bonchev–Trinajstić information content (AvgIpc) is 3.20. The molecule has 0 aliphatic carbocycles. The van der Waals surface area contributed by atoms with Gasteiger partial charge in [-0.1, -0.05) is 44.2 Å². The largest absolute Gasteiger partial charge is 0.497 e. The Bertz CT molecular complexity index is 1570. The first kappa shape index (κ1) is 26.5. The van der Waals surface area contributed by atoms with Crippen molar-refractivity contribution in [3.05, 3.63) is 104 Å². The van der Waals surface area contributed by atoms with Crippen LogP contribution in [-0.4, -0.2) is 31.1 Å². The van der Waals surface area contributed by atoms with Gasteiger partial charge in [-0.25, -0.2) is 0 Å². The molecular formula is C33H35NO5. The van der Waals surface area contributed by atoms with Crippen molar-refractivity contribution in [2.24, 2.45) is 5.92 Å².